The average molecular weight is 354 g/mol. The van der Waals surface area contributed by atoms with E-state index in [4.69, 9.17) is 14.2 Å². The minimum atomic E-state index is -0.708. The molecule has 0 unspecified atom stereocenters. The molecule has 4 heteroatoms. The zero-order chi connectivity index (χ0) is 18.2. The first kappa shape index (κ1) is 16.5. The number of hydrogen-bond donors (Lipinski definition) is 0. The van der Waals surface area contributed by atoms with Crippen LogP contribution in [0.4, 0.5) is 0 Å². The number of carbonyl (C=O) groups excluding carboxylic acids is 1. The van der Waals surface area contributed by atoms with Crippen molar-refractivity contribution in [2.45, 2.75) is 38.4 Å². The van der Waals surface area contributed by atoms with Crippen molar-refractivity contribution in [2.75, 3.05) is 19.8 Å². The average Bonchev–Trinajstić information content (AvgIpc) is 3.06. The van der Waals surface area contributed by atoms with Crippen LogP contribution >= 0.6 is 0 Å². The summed E-state index contributed by atoms with van der Waals surface area (Å²) in [6, 6.07) is 8.58. The van der Waals surface area contributed by atoms with Crippen LogP contribution in [0.5, 0.6) is 0 Å². The number of hydrogen-bond acceptors (Lipinski definition) is 4. The maximum atomic E-state index is 12.7. The summed E-state index contributed by atoms with van der Waals surface area (Å²) in [5, 5.41) is 0. The molecule has 0 radical (unpaired) electrons. The van der Waals surface area contributed by atoms with Crippen LogP contribution in [-0.4, -0.2) is 31.6 Å². The molecular weight excluding hydrogens is 328 g/mol. The first-order chi connectivity index (χ1) is 12.5. The van der Waals surface area contributed by atoms with Gasteiger partial charge in [-0.1, -0.05) is 50.3 Å². The van der Waals surface area contributed by atoms with Gasteiger partial charge in [0.2, 0.25) is 0 Å². The summed E-state index contributed by atoms with van der Waals surface area (Å²) < 4.78 is 18.4. The summed E-state index contributed by atoms with van der Waals surface area (Å²) in [5.74, 6) is -0.871. The number of benzene rings is 1. The number of carbonyl (C=O) groups is 1. The second kappa shape index (κ2) is 5.20. The lowest BCUT2D eigenvalue weighted by Crippen LogP contribution is -2.44. The first-order valence-corrected chi connectivity index (χ1v) is 9.67. The summed E-state index contributed by atoms with van der Waals surface area (Å²) in [6.07, 6.45) is 5.23. The van der Waals surface area contributed by atoms with Gasteiger partial charge in [-0.2, -0.15) is 0 Å². The van der Waals surface area contributed by atoms with E-state index in [0.29, 0.717) is 25.7 Å². The van der Waals surface area contributed by atoms with Crippen molar-refractivity contribution < 1.29 is 19.0 Å². The van der Waals surface area contributed by atoms with Crippen LogP contribution in [-0.2, 0) is 30.8 Å². The van der Waals surface area contributed by atoms with Gasteiger partial charge < -0.3 is 14.2 Å². The molecule has 2 fully saturated rings. The molecular formula is C22H26O4. The van der Waals surface area contributed by atoms with Crippen molar-refractivity contribution in [3.8, 4) is 0 Å². The molecule has 0 aromatic heterocycles. The van der Waals surface area contributed by atoms with E-state index in [-0.39, 0.29) is 28.6 Å². The minimum Gasteiger partial charge on any atom is -0.466 e. The predicted molar refractivity (Wildman–Crippen MR) is 96.5 cm³/mol. The second-order valence-corrected chi connectivity index (χ2v) is 8.89. The Hall–Kier alpha value is -1.65. The lowest BCUT2D eigenvalue weighted by Gasteiger charge is -2.38. The lowest BCUT2D eigenvalue weighted by atomic mass is 9.78. The van der Waals surface area contributed by atoms with Crippen LogP contribution in [0, 0.1) is 23.2 Å². The fourth-order valence-electron chi connectivity index (χ4n) is 5.68. The van der Waals surface area contributed by atoms with Gasteiger partial charge in [0.05, 0.1) is 31.2 Å². The summed E-state index contributed by atoms with van der Waals surface area (Å²) in [4.78, 5) is 12.7. The van der Waals surface area contributed by atoms with Crippen molar-refractivity contribution in [3.63, 3.8) is 0 Å². The molecule has 138 valence electrons. The van der Waals surface area contributed by atoms with E-state index < -0.39 is 5.79 Å². The standard InChI is InChI=1S/C22H26O4/c1-4-24-19(23)16-10-9-15-11-14-7-5-6-8-17(14)21(15)18(16)22(21)25-12-20(2,3)13-26-22/h5-10,15-16,18H,4,11-13H2,1-3H3/t15-,16-,18+,21+/m0/s1. The number of fused-ring (bicyclic) bond motifs is 2. The van der Waals surface area contributed by atoms with Crippen LogP contribution in [0.1, 0.15) is 31.9 Å². The van der Waals surface area contributed by atoms with Crippen LogP contribution in [0.25, 0.3) is 0 Å². The van der Waals surface area contributed by atoms with E-state index in [1.807, 2.05) is 13.0 Å². The predicted octanol–water partition coefficient (Wildman–Crippen LogP) is 3.24. The van der Waals surface area contributed by atoms with Crippen LogP contribution in [0.2, 0.25) is 0 Å². The van der Waals surface area contributed by atoms with Crippen molar-refractivity contribution in [1.29, 1.82) is 0 Å². The Bertz CT molecular complexity index is 785. The third-order valence-electron chi connectivity index (χ3n) is 6.70. The lowest BCUT2D eigenvalue weighted by molar-refractivity contribution is -0.262. The summed E-state index contributed by atoms with van der Waals surface area (Å²) >= 11 is 0. The monoisotopic (exact) mass is 354 g/mol. The molecule has 5 rings (SSSR count). The molecule has 1 saturated heterocycles. The van der Waals surface area contributed by atoms with Crippen molar-refractivity contribution >= 4 is 5.97 Å². The van der Waals surface area contributed by atoms with Crippen LogP contribution < -0.4 is 0 Å². The van der Waals surface area contributed by atoms with E-state index >= 15 is 0 Å². The minimum absolute atomic E-state index is 0.00585. The summed E-state index contributed by atoms with van der Waals surface area (Å²) in [7, 11) is 0. The molecule has 3 aliphatic carbocycles. The van der Waals surface area contributed by atoms with Crippen molar-refractivity contribution in [1.82, 2.24) is 0 Å². The molecule has 1 saturated carbocycles. The molecule has 4 aliphatic rings. The third kappa shape index (κ3) is 1.84. The maximum Gasteiger partial charge on any atom is 0.313 e. The normalized spacial score (nSPS) is 37.6. The fourth-order valence-corrected chi connectivity index (χ4v) is 5.68. The highest BCUT2D eigenvalue weighted by Gasteiger charge is 2.87. The molecule has 2 spiro atoms. The van der Waals surface area contributed by atoms with Crippen molar-refractivity contribution in [3.05, 3.63) is 47.5 Å². The summed E-state index contributed by atoms with van der Waals surface area (Å²) in [6.45, 7) is 7.86. The molecule has 0 N–H and O–H groups in total. The Kier molecular flexibility index (Phi) is 3.31. The molecule has 1 aromatic rings. The zero-order valence-electron chi connectivity index (χ0n) is 15.7. The van der Waals surface area contributed by atoms with Gasteiger partial charge in [0.1, 0.15) is 0 Å². The topological polar surface area (TPSA) is 44.8 Å². The van der Waals surface area contributed by atoms with E-state index in [1.54, 1.807) is 0 Å². The van der Waals surface area contributed by atoms with Crippen molar-refractivity contribution in [2.24, 2.45) is 23.2 Å². The third-order valence-corrected chi connectivity index (χ3v) is 6.70. The van der Waals surface area contributed by atoms with Gasteiger partial charge in [-0.25, -0.2) is 0 Å². The Labute approximate surface area is 154 Å². The number of esters is 1. The molecule has 4 atom stereocenters. The van der Waals surface area contributed by atoms with Gasteiger partial charge >= 0.3 is 5.97 Å². The molecule has 0 bridgehead atoms. The van der Waals surface area contributed by atoms with E-state index in [2.05, 4.69) is 44.2 Å². The number of allylic oxidation sites excluding steroid dienone is 1. The van der Waals surface area contributed by atoms with E-state index in [0.717, 1.165) is 6.42 Å². The molecule has 1 aliphatic heterocycles. The van der Waals surface area contributed by atoms with Gasteiger partial charge in [-0.3, -0.25) is 4.79 Å². The van der Waals surface area contributed by atoms with Gasteiger partial charge in [-0.15, -0.1) is 0 Å². The Balaban J connectivity index is 1.62. The highest BCUT2D eigenvalue weighted by atomic mass is 16.7. The summed E-state index contributed by atoms with van der Waals surface area (Å²) in [5.41, 5.74) is 2.39. The van der Waals surface area contributed by atoms with Gasteiger partial charge in [0, 0.05) is 11.3 Å². The first-order valence-electron chi connectivity index (χ1n) is 9.67. The van der Waals surface area contributed by atoms with Crippen LogP contribution in [0.15, 0.2) is 36.4 Å². The molecule has 1 aromatic carbocycles. The van der Waals surface area contributed by atoms with E-state index in [1.165, 1.54) is 11.1 Å². The van der Waals surface area contributed by atoms with Gasteiger partial charge in [-0.05, 0) is 30.4 Å². The molecule has 4 nitrogen and oxygen atoms in total. The fraction of sp³-hybridized carbons (Fsp3) is 0.591. The largest absolute Gasteiger partial charge is 0.466 e. The Morgan fingerprint density at radius 2 is 1.92 bits per heavy atom. The number of ether oxygens (including phenoxy) is 3. The molecule has 26 heavy (non-hydrogen) atoms. The second-order valence-electron chi connectivity index (χ2n) is 8.89. The smallest absolute Gasteiger partial charge is 0.313 e. The highest BCUT2D eigenvalue weighted by molar-refractivity contribution is 5.78. The Morgan fingerprint density at radius 3 is 2.65 bits per heavy atom. The maximum absolute atomic E-state index is 12.7. The van der Waals surface area contributed by atoms with Gasteiger partial charge in [0.15, 0.2) is 5.79 Å². The van der Waals surface area contributed by atoms with Gasteiger partial charge in [0.25, 0.3) is 0 Å². The van der Waals surface area contributed by atoms with Crippen LogP contribution in [0.3, 0.4) is 0 Å². The molecule has 0 amide bonds. The number of rotatable bonds is 2. The SMILES string of the molecule is CCOC(=O)[C@H]1C=C[C@H]2Cc3ccccc3[C@@]23[C@@H]1C31OCC(C)(C)CO1. The highest BCUT2D eigenvalue weighted by Crippen LogP contribution is 2.77. The van der Waals surface area contributed by atoms with E-state index in [9.17, 15) is 4.79 Å². The quantitative estimate of drug-likeness (QED) is 0.604. The molecule has 1 heterocycles. The zero-order valence-corrected chi connectivity index (χ0v) is 15.7. The Morgan fingerprint density at radius 1 is 1.19 bits per heavy atom.